The van der Waals surface area contributed by atoms with E-state index in [0.717, 1.165) is 19.6 Å². The van der Waals surface area contributed by atoms with Gasteiger partial charge in [0.25, 0.3) is 0 Å². The topological polar surface area (TPSA) is 38.3 Å². The van der Waals surface area contributed by atoms with E-state index in [2.05, 4.69) is 28.2 Å². The molecule has 2 aliphatic rings. The molecular formula is C12H20BrNO2. The molecule has 2 rings (SSSR count). The second-order valence-electron chi connectivity index (χ2n) is 5.01. The Bertz CT molecular complexity index is 259. The Balaban J connectivity index is 1.75. The van der Waals surface area contributed by atoms with E-state index in [1.54, 1.807) is 0 Å². The molecule has 1 saturated carbocycles. The number of hydrogen-bond acceptors (Lipinski definition) is 2. The van der Waals surface area contributed by atoms with Crippen LogP contribution in [0.3, 0.4) is 0 Å². The molecule has 0 radical (unpaired) electrons. The first-order valence-electron chi connectivity index (χ1n) is 6.22. The second kappa shape index (κ2) is 5.50. The molecule has 1 heterocycles. The summed E-state index contributed by atoms with van der Waals surface area (Å²) in [6.07, 6.45) is 4.51. The van der Waals surface area contributed by atoms with Gasteiger partial charge in [-0.15, -0.1) is 0 Å². The van der Waals surface area contributed by atoms with Crippen molar-refractivity contribution in [2.75, 3.05) is 13.2 Å². The average Bonchev–Trinajstić information content (AvgIpc) is 2.84. The lowest BCUT2D eigenvalue weighted by molar-refractivity contribution is -0.131. The fourth-order valence-corrected chi connectivity index (χ4v) is 3.36. The Labute approximate surface area is 105 Å². The lowest BCUT2D eigenvalue weighted by atomic mass is 10.0. The highest BCUT2D eigenvalue weighted by molar-refractivity contribution is 9.09. The van der Waals surface area contributed by atoms with Gasteiger partial charge in [0.2, 0.25) is 5.91 Å². The van der Waals surface area contributed by atoms with Gasteiger partial charge < -0.3 is 10.1 Å². The molecule has 1 saturated heterocycles. The number of nitrogens with one attached hydrogen (secondary N) is 1. The maximum Gasteiger partial charge on any atom is 0.249 e. The average molecular weight is 290 g/mol. The standard InChI is InChI=1S/C12H20BrNO2/c1-8-5-6-16-11(8)12(15)14-7-9-3-2-4-10(9)13/h8-11H,2-7H2,1H3,(H,14,15). The largest absolute Gasteiger partial charge is 0.368 e. The molecule has 4 unspecified atom stereocenters. The summed E-state index contributed by atoms with van der Waals surface area (Å²) < 4.78 is 5.45. The summed E-state index contributed by atoms with van der Waals surface area (Å²) in [4.78, 5) is 12.4. The number of alkyl halides is 1. The third kappa shape index (κ3) is 2.77. The Morgan fingerprint density at radius 2 is 2.25 bits per heavy atom. The minimum Gasteiger partial charge on any atom is -0.368 e. The SMILES string of the molecule is CC1CCOC1C(=O)NCC1CCCC1Br. The van der Waals surface area contributed by atoms with Crippen molar-refractivity contribution >= 4 is 21.8 Å². The zero-order chi connectivity index (χ0) is 11.5. The van der Waals surface area contributed by atoms with Gasteiger partial charge in [-0.1, -0.05) is 29.3 Å². The fourth-order valence-electron chi connectivity index (χ4n) is 2.58. The number of carbonyl (C=O) groups excluding carboxylic acids is 1. The Kier molecular flexibility index (Phi) is 4.25. The zero-order valence-electron chi connectivity index (χ0n) is 9.75. The number of carbonyl (C=O) groups is 1. The number of rotatable bonds is 3. The van der Waals surface area contributed by atoms with Crippen LogP contribution in [0.25, 0.3) is 0 Å². The number of halogens is 1. The van der Waals surface area contributed by atoms with Gasteiger partial charge >= 0.3 is 0 Å². The number of hydrogen-bond donors (Lipinski definition) is 1. The van der Waals surface area contributed by atoms with Gasteiger partial charge in [-0.25, -0.2) is 0 Å². The van der Waals surface area contributed by atoms with Crippen LogP contribution in [0.4, 0.5) is 0 Å². The van der Waals surface area contributed by atoms with E-state index in [-0.39, 0.29) is 12.0 Å². The van der Waals surface area contributed by atoms with E-state index < -0.39 is 0 Å². The molecule has 0 aromatic rings. The predicted molar refractivity (Wildman–Crippen MR) is 66.6 cm³/mol. The zero-order valence-corrected chi connectivity index (χ0v) is 11.3. The molecule has 0 aromatic carbocycles. The van der Waals surface area contributed by atoms with Crippen LogP contribution in [0.1, 0.15) is 32.6 Å². The van der Waals surface area contributed by atoms with E-state index in [4.69, 9.17) is 4.74 Å². The van der Waals surface area contributed by atoms with Gasteiger partial charge in [0.15, 0.2) is 0 Å². The van der Waals surface area contributed by atoms with Crippen LogP contribution in [0, 0.1) is 11.8 Å². The summed E-state index contributed by atoms with van der Waals surface area (Å²) in [7, 11) is 0. The van der Waals surface area contributed by atoms with Crippen LogP contribution < -0.4 is 5.32 Å². The second-order valence-corrected chi connectivity index (χ2v) is 6.19. The van der Waals surface area contributed by atoms with Crippen LogP contribution in [0.2, 0.25) is 0 Å². The van der Waals surface area contributed by atoms with Crippen LogP contribution in [-0.4, -0.2) is 30.0 Å². The van der Waals surface area contributed by atoms with Crippen LogP contribution in [0.5, 0.6) is 0 Å². The third-order valence-electron chi connectivity index (χ3n) is 3.75. The normalized spacial score (nSPS) is 38.9. The maximum absolute atomic E-state index is 11.9. The van der Waals surface area contributed by atoms with Crippen LogP contribution in [0.15, 0.2) is 0 Å². The van der Waals surface area contributed by atoms with E-state index in [1.165, 1.54) is 19.3 Å². The summed E-state index contributed by atoms with van der Waals surface area (Å²) in [5.74, 6) is 1.04. The lowest BCUT2D eigenvalue weighted by Crippen LogP contribution is -2.40. The van der Waals surface area contributed by atoms with E-state index in [9.17, 15) is 4.79 Å². The monoisotopic (exact) mass is 289 g/mol. The molecule has 0 bridgehead atoms. The highest BCUT2D eigenvalue weighted by atomic mass is 79.9. The molecule has 0 aromatic heterocycles. The summed E-state index contributed by atoms with van der Waals surface area (Å²) in [5, 5.41) is 3.03. The molecule has 0 spiro atoms. The van der Waals surface area contributed by atoms with Crippen LogP contribution >= 0.6 is 15.9 Å². The summed E-state index contributed by atoms with van der Waals surface area (Å²) in [6.45, 7) is 3.60. The minimum atomic E-state index is -0.213. The maximum atomic E-state index is 11.9. The summed E-state index contributed by atoms with van der Waals surface area (Å²) >= 11 is 3.67. The van der Waals surface area contributed by atoms with E-state index in [1.807, 2.05) is 0 Å². The van der Waals surface area contributed by atoms with Crippen molar-refractivity contribution in [3.63, 3.8) is 0 Å². The molecular weight excluding hydrogens is 270 g/mol. The summed E-state index contributed by atoms with van der Waals surface area (Å²) in [6, 6.07) is 0. The van der Waals surface area contributed by atoms with Crippen molar-refractivity contribution in [2.45, 2.75) is 43.5 Å². The molecule has 1 N–H and O–H groups in total. The van der Waals surface area contributed by atoms with Gasteiger partial charge in [-0.2, -0.15) is 0 Å². The molecule has 3 nitrogen and oxygen atoms in total. The lowest BCUT2D eigenvalue weighted by Gasteiger charge is -2.18. The van der Waals surface area contributed by atoms with Crippen molar-refractivity contribution in [3.8, 4) is 0 Å². The number of ether oxygens (including phenoxy) is 1. The molecule has 92 valence electrons. The smallest absolute Gasteiger partial charge is 0.249 e. The Morgan fingerprint density at radius 1 is 1.44 bits per heavy atom. The van der Waals surface area contributed by atoms with E-state index >= 15 is 0 Å². The third-order valence-corrected chi connectivity index (χ3v) is 4.96. The molecule has 1 aliphatic carbocycles. The highest BCUT2D eigenvalue weighted by Crippen LogP contribution is 2.31. The van der Waals surface area contributed by atoms with Gasteiger partial charge in [-0.3, -0.25) is 4.79 Å². The highest BCUT2D eigenvalue weighted by Gasteiger charge is 2.32. The van der Waals surface area contributed by atoms with Gasteiger partial charge in [0, 0.05) is 18.0 Å². The van der Waals surface area contributed by atoms with Crippen molar-refractivity contribution in [2.24, 2.45) is 11.8 Å². The Hall–Kier alpha value is -0.0900. The van der Waals surface area contributed by atoms with Crippen molar-refractivity contribution < 1.29 is 9.53 Å². The molecule has 4 heteroatoms. The fraction of sp³-hybridized carbons (Fsp3) is 0.917. The minimum absolute atomic E-state index is 0.0802. The van der Waals surface area contributed by atoms with Crippen molar-refractivity contribution in [1.82, 2.24) is 5.32 Å². The molecule has 2 fully saturated rings. The predicted octanol–water partition coefficient (Wildman–Crippen LogP) is 2.09. The molecule has 1 amide bonds. The van der Waals surface area contributed by atoms with E-state index in [0.29, 0.717) is 16.7 Å². The Morgan fingerprint density at radius 3 is 2.81 bits per heavy atom. The molecule has 1 aliphatic heterocycles. The summed E-state index contributed by atoms with van der Waals surface area (Å²) in [5.41, 5.74) is 0. The van der Waals surface area contributed by atoms with Crippen molar-refractivity contribution in [1.29, 1.82) is 0 Å². The van der Waals surface area contributed by atoms with Gasteiger partial charge in [-0.05, 0) is 31.1 Å². The van der Waals surface area contributed by atoms with Gasteiger partial charge in [0.1, 0.15) is 6.10 Å². The first-order chi connectivity index (χ1) is 7.68. The first kappa shape index (κ1) is 12.4. The van der Waals surface area contributed by atoms with Crippen LogP contribution in [-0.2, 0) is 9.53 Å². The first-order valence-corrected chi connectivity index (χ1v) is 7.13. The quantitative estimate of drug-likeness (QED) is 0.808. The number of amides is 1. The van der Waals surface area contributed by atoms with Crippen molar-refractivity contribution in [3.05, 3.63) is 0 Å². The van der Waals surface area contributed by atoms with Gasteiger partial charge in [0.05, 0.1) is 0 Å². The molecule has 4 atom stereocenters. The molecule has 16 heavy (non-hydrogen) atoms.